The molecule has 1 saturated heterocycles. The molecule has 0 aromatic carbocycles. The molecule has 88 valence electrons. The van der Waals surface area contributed by atoms with Gasteiger partial charge in [-0.15, -0.1) is 0 Å². The van der Waals surface area contributed by atoms with Gasteiger partial charge in [-0.3, -0.25) is 19.3 Å². The van der Waals surface area contributed by atoms with Crippen molar-refractivity contribution in [3.05, 3.63) is 0 Å². The van der Waals surface area contributed by atoms with E-state index < -0.39 is 23.7 Å². The van der Waals surface area contributed by atoms with Crippen LogP contribution in [-0.4, -0.2) is 40.9 Å². The van der Waals surface area contributed by atoms with E-state index in [4.69, 9.17) is 10.8 Å². The van der Waals surface area contributed by atoms with Crippen molar-refractivity contribution >= 4 is 17.8 Å². The van der Waals surface area contributed by atoms with E-state index in [0.717, 1.165) is 6.42 Å². The van der Waals surface area contributed by atoms with Crippen molar-refractivity contribution in [3.63, 3.8) is 0 Å². The summed E-state index contributed by atoms with van der Waals surface area (Å²) in [4.78, 5) is 35.2. The van der Waals surface area contributed by atoms with Gasteiger partial charge in [0, 0.05) is 6.54 Å². The first-order chi connectivity index (χ1) is 7.59. The SMILES string of the molecule is NCCCCN1C(=O)C2C(C(=O)O)C2C1=O. The number of likely N-dealkylation sites (tertiary alicyclic amines) is 1. The van der Waals surface area contributed by atoms with Gasteiger partial charge in [-0.1, -0.05) is 0 Å². The molecule has 16 heavy (non-hydrogen) atoms. The van der Waals surface area contributed by atoms with Crippen LogP contribution in [0.5, 0.6) is 0 Å². The number of aliphatic carboxylic acids is 1. The van der Waals surface area contributed by atoms with E-state index in [1.54, 1.807) is 0 Å². The summed E-state index contributed by atoms with van der Waals surface area (Å²) in [6.45, 7) is 0.898. The molecule has 6 nitrogen and oxygen atoms in total. The fourth-order valence-corrected chi connectivity index (χ4v) is 2.34. The van der Waals surface area contributed by atoms with Crippen molar-refractivity contribution in [2.45, 2.75) is 12.8 Å². The molecule has 0 aromatic rings. The molecule has 0 bridgehead atoms. The van der Waals surface area contributed by atoms with E-state index in [-0.39, 0.29) is 11.8 Å². The highest BCUT2D eigenvalue weighted by Gasteiger charge is 2.70. The second kappa shape index (κ2) is 3.86. The number of hydrogen-bond acceptors (Lipinski definition) is 4. The quantitative estimate of drug-likeness (QED) is 0.464. The van der Waals surface area contributed by atoms with Gasteiger partial charge in [0.25, 0.3) is 0 Å². The number of nitrogens with zero attached hydrogens (tertiary/aromatic N) is 1. The van der Waals surface area contributed by atoms with Gasteiger partial charge >= 0.3 is 5.97 Å². The molecular weight excluding hydrogens is 212 g/mol. The summed E-state index contributed by atoms with van der Waals surface area (Å²) in [6, 6.07) is 0. The standard InChI is InChI=1S/C10H14N2O4/c11-3-1-2-4-12-8(13)5-6(9(12)14)7(5)10(15)16/h5-7H,1-4,11H2,(H,15,16). The van der Waals surface area contributed by atoms with Gasteiger partial charge in [0.2, 0.25) is 11.8 Å². The third-order valence-electron chi connectivity index (χ3n) is 3.24. The smallest absolute Gasteiger partial charge is 0.308 e. The molecule has 2 atom stereocenters. The predicted octanol–water partition coefficient (Wildman–Crippen LogP) is -0.959. The summed E-state index contributed by atoms with van der Waals surface area (Å²) < 4.78 is 0. The van der Waals surface area contributed by atoms with E-state index in [0.29, 0.717) is 19.5 Å². The van der Waals surface area contributed by atoms with Gasteiger partial charge in [-0.05, 0) is 19.4 Å². The highest BCUT2D eigenvalue weighted by atomic mass is 16.4. The zero-order chi connectivity index (χ0) is 11.9. The lowest BCUT2D eigenvalue weighted by atomic mass is 10.2. The summed E-state index contributed by atoms with van der Waals surface area (Å²) in [6.07, 6.45) is 1.44. The summed E-state index contributed by atoms with van der Waals surface area (Å²) in [5, 5.41) is 8.76. The molecule has 0 spiro atoms. The third kappa shape index (κ3) is 1.49. The van der Waals surface area contributed by atoms with Crippen molar-refractivity contribution < 1.29 is 19.5 Å². The first-order valence-corrected chi connectivity index (χ1v) is 5.37. The van der Waals surface area contributed by atoms with Crippen LogP contribution in [0.3, 0.4) is 0 Å². The number of unbranched alkanes of at least 4 members (excludes halogenated alkanes) is 1. The molecule has 2 rings (SSSR count). The van der Waals surface area contributed by atoms with Gasteiger partial charge < -0.3 is 10.8 Å². The number of nitrogens with two attached hydrogens (primary N) is 1. The Morgan fingerprint density at radius 2 is 1.81 bits per heavy atom. The van der Waals surface area contributed by atoms with Crippen LogP contribution in [-0.2, 0) is 14.4 Å². The number of rotatable bonds is 5. The van der Waals surface area contributed by atoms with Crippen LogP contribution in [0.4, 0.5) is 0 Å². The minimum Gasteiger partial charge on any atom is -0.481 e. The number of carboxylic acid groups (broad SMARTS) is 1. The third-order valence-corrected chi connectivity index (χ3v) is 3.24. The van der Waals surface area contributed by atoms with Crippen LogP contribution < -0.4 is 5.73 Å². The minimum absolute atomic E-state index is 0.320. The Labute approximate surface area is 92.4 Å². The predicted molar refractivity (Wildman–Crippen MR) is 53.1 cm³/mol. The lowest BCUT2D eigenvalue weighted by Gasteiger charge is -2.16. The fourth-order valence-electron chi connectivity index (χ4n) is 2.34. The van der Waals surface area contributed by atoms with Crippen LogP contribution >= 0.6 is 0 Å². The average Bonchev–Trinajstić information content (AvgIpc) is 2.92. The Balaban J connectivity index is 1.95. The number of piperidine rings is 1. The van der Waals surface area contributed by atoms with Crippen LogP contribution in [0.25, 0.3) is 0 Å². The van der Waals surface area contributed by atoms with Gasteiger partial charge in [0.1, 0.15) is 0 Å². The van der Waals surface area contributed by atoms with Gasteiger partial charge in [-0.2, -0.15) is 0 Å². The molecule has 1 aliphatic heterocycles. The summed E-state index contributed by atoms with van der Waals surface area (Å²) >= 11 is 0. The molecule has 1 aliphatic carbocycles. The lowest BCUT2D eigenvalue weighted by Crippen LogP contribution is -2.36. The van der Waals surface area contributed by atoms with Crippen molar-refractivity contribution in [2.24, 2.45) is 23.5 Å². The minimum atomic E-state index is -1.04. The van der Waals surface area contributed by atoms with Gasteiger partial charge in [0.05, 0.1) is 17.8 Å². The molecule has 2 amide bonds. The van der Waals surface area contributed by atoms with E-state index in [1.807, 2.05) is 0 Å². The van der Waals surface area contributed by atoms with Crippen LogP contribution in [0.2, 0.25) is 0 Å². The molecule has 0 aromatic heterocycles. The van der Waals surface area contributed by atoms with Crippen molar-refractivity contribution in [2.75, 3.05) is 13.1 Å². The van der Waals surface area contributed by atoms with E-state index in [1.165, 1.54) is 4.90 Å². The van der Waals surface area contributed by atoms with Crippen LogP contribution in [0, 0.1) is 17.8 Å². The van der Waals surface area contributed by atoms with Crippen molar-refractivity contribution in [1.82, 2.24) is 4.90 Å². The zero-order valence-corrected chi connectivity index (χ0v) is 8.76. The van der Waals surface area contributed by atoms with E-state index >= 15 is 0 Å². The Morgan fingerprint density at radius 1 is 1.25 bits per heavy atom. The topological polar surface area (TPSA) is 101 Å². The number of carbonyl (C=O) groups excluding carboxylic acids is 2. The number of hydrogen-bond donors (Lipinski definition) is 2. The lowest BCUT2D eigenvalue weighted by molar-refractivity contribution is -0.148. The summed E-state index contributed by atoms with van der Waals surface area (Å²) in [7, 11) is 0. The number of carboxylic acids is 1. The molecular formula is C10H14N2O4. The van der Waals surface area contributed by atoms with E-state index in [9.17, 15) is 14.4 Å². The van der Waals surface area contributed by atoms with Crippen molar-refractivity contribution in [3.8, 4) is 0 Å². The van der Waals surface area contributed by atoms with Crippen LogP contribution in [0.15, 0.2) is 0 Å². The number of amides is 2. The molecule has 6 heteroatoms. The zero-order valence-electron chi connectivity index (χ0n) is 8.76. The number of fused-ring (bicyclic) bond motifs is 1. The number of imide groups is 1. The first-order valence-electron chi connectivity index (χ1n) is 5.37. The monoisotopic (exact) mass is 226 g/mol. The largest absolute Gasteiger partial charge is 0.481 e. The highest BCUT2D eigenvalue weighted by molar-refractivity contribution is 6.13. The van der Waals surface area contributed by atoms with Crippen molar-refractivity contribution in [1.29, 1.82) is 0 Å². The normalized spacial score (nSPS) is 31.8. The maximum absolute atomic E-state index is 11.7. The summed E-state index contributed by atoms with van der Waals surface area (Å²) in [5.41, 5.74) is 5.31. The number of carbonyl (C=O) groups is 3. The Kier molecular flexibility index (Phi) is 2.67. The Morgan fingerprint density at radius 3 is 2.25 bits per heavy atom. The maximum atomic E-state index is 11.7. The average molecular weight is 226 g/mol. The molecule has 2 aliphatic rings. The van der Waals surface area contributed by atoms with Gasteiger partial charge in [0.15, 0.2) is 0 Å². The second-order valence-corrected chi connectivity index (χ2v) is 4.24. The van der Waals surface area contributed by atoms with Crippen LogP contribution in [0.1, 0.15) is 12.8 Å². The Bertz CT molecular complexity index is 333. The first kappa shape index (κ1) is 11.1. The highest BCUT2D eigenvalue weighted by Crippen LogP contribution is 2.53. The maximum Gasteiger partial charge on any atom is 0.308 e. The van der Waals surface area contributed by atoms with Gasteiger partial charge in [-0.25, -0.2) is 0 Å². The Hall–Kier alpha value is -1.43. The molecule has 2 fully saturated rings. The molecule has 0 radical (unpaired) electrons. The fraction of sp³-hybridized carbons (Fsp3) is 0.700. The molecule has 1 saturated carbocycles. The molecule has 2 unspecified atom stereocenters. The second-order valence-electron chi connectivity index (χ2n) is 4.24. The molecule has 3 N–H and O–H groups in total. The summed E-state index contributed by atoms with van der Waals surface area (Å²) in [5.74, 6) is -3.64. The van der Waals surface area contributed by atoms with E-state index in [2.05, 4.69) is 0 Å². The molecule has 1 heterocycles.